The van der Waals surface area contributed by atoms with Crippen molar-refractivity contribution in [2.24, 2.45) is 5.73 Å². The number of nitrogen functional groups attached to an aromatic ring is 1. The normalized spacial score (nSPS) is 16.2. The van der Waals surface area contributed by atoms with Crippen LogP contribution in [-0.4, -0.2) is 55.2 Å². The number of aromatic nitrogens is 1. The number of rotatable bonds is 5. The molecule has 1 aromatic rings. The van der Waals surface area contributed by atoms with Crippen LogP contribution in [0.4, 0.5) is 11.5 Å². The van der Waals surface area contributed by atoms with Crippen molar-refractivity contribution < 1.29 is 9.53 Å². The van der Waals surface area contributed by atoms with Gasteiger partial charge >= 0.3 is 0 Å². The molecule has 0 spiro atoms. The molecule has 0 atom stereocenters. The van der Waals surface area contributed by atoms with Crippen molar-refractivity contribution in [2.45, 2.75) is 0 Å². The highest BCUT2D eigenvalue weighted by atomic mass is 16.5. The van der Waals surface area contributed by atoms with Gasteiger partial charge in [-0.05, 0) is 12.1 Å². The Balaban J connectivity index is 1.87. The minimum absolute atomic E-state index is 0.211. The molecule has 1 saturated heterocycles. The highest BCUT2D eigenvalue weighted by molar-refractivity contribution is 5.91. The summed E-state index contributed by atoms with van der Waals surface area (Å²) in [5.41, 5.74) is 11.7. The fourth-order valence-electron chi connectivity index (χ4n) is 1.91. The minimum atomic E-state index is -0.559. The summed E-state index contributed by atoms with van der Waals surface area (Å²) in [6.45, 7) is 5.01. The second-order valence-corrected chi connectivity index (χ2v) is 4.38. The molecule has 1 fully saturated rings. The Kier molecular flexibility index (Phi) is 4.53. The molecule has 7 heteroatoms. The van der Waals surface area contributed by atoms with Crippen LogP contribution in [-0.2, 0) is 4.74 Å². The van der Waals surface area contributed by atoms with Gasteiger partial charge in [-0.2, -0.15) is 0 Å². The van der Waals surface area contributed by atoms with E-state index >= 15 is 0 Å². The Morgan fingerprint density at radius 3 is 2.84 bits per heavy atom. The largest absolute Gasteiger partial charge is 0.396 e. The van der Waals surface area contributed by atoms with Crippen LogP contribution in [0.5, 0.6) is 0 Å². The zero-order valence-electron chi connectivity index (χ0n) is 10.8. The van der Waals surface area contributed by atoms with Gasteiger partial charge in [-0.1, -0.05) is 0 Å². The quantitative estimate of drug-likeness (QED) is 0.663. The highest BCUT2D eigenvalue weighted by Gasteiger charge is 2.10. The van der Waals surface area contributed by atoms with Crippen molar-refractivity contribution in [1.29, 1.82) is 0 Å². The third-order valence-electron chi connectivity index (χ3n) is 3.00. The van der Waals surface area contributed by atoms with Crippen LogP contribution >= 0.6 is 0 Å². The number of ether oxygens (including phenoxy) is 1. The first kappa shape index (κ1) is 13.6. The van der Waals surface area contributed by atoms with Gasteiger partial charge in [-0.15, -0.1) is 0 Å². The lowest BCUT2D eigenvalue weighted by Crippen LogP contribution is -2.39. The van der Waals surface area contributed by atoms with Gasteiger partial charge in [0.25, 0.3) is 5.91 Å². The molecule has 2 rings (SSSR count). The van der Waals surface area contributed by atoms with E-state index in [0.717, 1.165) is 32.8 Å². The van der Waals surface area contributed by atoms with Crippen LogP contribution in [0.3, 0.4) is 0 Å². The van der Waals surface area contributed by atoms with E-state index in [-0.39, 0.29) is 5.69 Å². The molecule has 1 amide bonds. The highest BCUT2D eigenvalue weighted by Crippen LogP contribution is 2.15. The van der Waals surface area contributed by atoms with Gasteiger partial charge in [0.1, 0.15) is 11.5 Å². The summed E-state index contributed by atoms with van der Waals surface area (Å²) in [5, 5.41) is 3.13. The van der Waals surface area contributed by atoms with Crippen LogP contribution in [0, 0.1) is 0 Å². The van der Waals surface area contributed by atoms with E-state index in [2.05, 4.69) is 15.2 Å². The Morgan fingerprint density at radius 1 is 1.42 bits per heavy atom. The third kappa shape index (κ3) is 3.80. The number of pyridine rings is 1. The molecule has 104 valence electrons. The summed E-state index contributed by atoms with van der Waals surface area (Å²) in [5.74, 6) is -0.0548. The van der Waals surface area contributed by atoms with Crippen molar-refractivity contribution >= 4 is 17.4 Å². The predicted octanol–water partition coefficient (Wildman–Crippen LogP) is -0.493. The summed E-state index contributed by atoms with van der Waals surface area (Å²) >= 11 is 0. The molecule has 19 heavy (non-hydrogen) atoms. The van der Waals surface area contributed by atoms with Gasteiger partial charge in [-0.3, -0.25) is 9.69 Å². The third-order valence-corrected chi connectivity index (χ3v) is 3.00. The maximum Gasteiger partial charge on any atom is 0.267 e. The van der Waals surface area contributed by atoms with Gasteiger partial charge in [0, 0.05) is 26.2 Å². The Hall–Kier alpha value is -1.86. The zero-order valence-corrected chi connectivity index (χ0v) is 10.8. The number of carbonyl (C=O) groups is 1. The van der Waals surface area contributed by atoms with Crippen molar-refractivity contribution in [3.05, 3.63) is 17.8 Å². The summed E-state index contributed by atoms with van der Waals surface area (Å²) in [4.78, 5) is 17.5. The number of nitrogens with zero attached hydrogens (tertiary/aromatic N) is 2. The first-order valence-corrected chi connectivity index (χ1v) is 6.27. The van der Waals surface area contributed by atoms with Crippen LogP contribution in [0.25, 0.3) is 0 Å². The summed E-state index contributed by atoms with van der Waals surface area (Å²) < 4.78 is 5.28. The lowest BCUT2D eigenvalue weighted by molar-refractivity contribution is 0.0398. The van der Waals surface area contributed by atoms with Crippen LogP contribution in [0.15, 0.2) is 12.1 Å². The maximum atomic E-state index is 11.1. The number of anilines is 2. The van der Waals surface area contributed by atoms with Gasteiger partial charge in [0.2, 0.25) is 0 Å². The number of hydrogen-bond acceptors (Lipinski definition) is 6. The number of hydrogen-bond donors (Lipinski definition) is 3. The minimum Gasteiger partial charge on any atom is -0.396 e. The molecule has 0 bridgehead atoms. The number of morpholine rings is 1. The molecule has 0 radical (unpaired) electrons. The molecule has 5 N–H and O–H groups in total. The van der Waals surface area contributed by atoms with E-state index < -0.39 is 5.91 Å². The van der Waals surface area contributed by atoms with Crippen LogP contribution in [0.1, 0.15) is 10.5 Å². The SMILES string of the molecule is NC(=O)c1ccc(N)c(NCCN2CCOCC2)n1. The average Bonchev–Trinajstić information content (AvgIpc) is 2.42. The molecule has 0 saturated carbocycles. The molecule has 0 unspecified atom stereocenters. The van der Waals surface area contributed by atoms with E-state index in [4.69, 9.17) is 16.2 Å². The molecular formula is C12H19N5O2. The number of carbonyl (C=O) groups excluding carboxylic acids is 1. The number of nitrogens with one attached hydrogen (secondary N) is 1. The molecular weight excluding hydrogens is 246 g/mol. The summed E-state index contributed by atoms with van der Waals surface area (Å²) in [6, 6.07) is 3.15. The van der Waals surface area contributed by atoms with E-state index in [1.807, 2.05) is 0 Å². The summed E-state index contributed by atoms with van der Waals surface area (Å²) in [6.07, 6.45) is 0. The maximum absolute atomic E-state index is 11.1. The topological polar surface area (TPSA) is 106 Å². The number of nitrogens with two attached hydrogens (primary N) is 2. The first-order chi connectivity index (χ1) is 9.16. The lowest BCUT2D eigenvalue weighted by Gasteiger charge is -2.26. The molecule has 1 aromatic heterocycles. The fourth-order valence-corrected chi connectivity index (χ4v) is 1.91. The number of primary amides is 1. The van der Waals surface area contributed by atoms with Gasteiger partial charge in [0.15, 0.2) is 0 Å². The lowest BCUT2D eigenvalue weighted by atomic mass is 10.3. The fraction of sp³-hybridized carbons (Fsp3) is 0.500. The average molecular weight is 265 g/mol. The van der Waals surface area contributed by atoms with Gasteiger partial charge < -0.3 is 21.5 Å². The van der Waals surface area contributed by atoms with E-state index in [9.17, 15) is 4.79 Å². The second-order valence-electron chi connectivity index (χ2n) is 4.38. The summed E-state index contributed by atoms with van der Waals surface area (Å²) in [7, 11) is 0. The monoisotopic (exact) mass is 265 g/mol. The van der Waals surface area contributed by atoms with Crippen LogP contribution < -0.4 is 16.8 Å². The van der Waals surface area contributed by atoms with Crippen LogP contribution in [0.2, 0.25) is 0 Å². The van der Waals surface area contributed by atoms with Crippen molar-refractivity contribution in [1.82, 2.24) is 9.88 Å². The molecule has 2 heterocycles. The predicted molar refractivity (Wildman–Crippen MR) is 72.9 cm³/mol. The van der Waals surface area contributed by atoms with E-state index in [0.29, 0.717) is 18.1 Å². The Morgan fingerprint density at radius 2 is 2.16 bits per heavy atom. The molecule has 1 aliphatic heterocycles. The van der Waals surface area contributed by atoms with E-state index in [1.165, 1.54) is 6.07 Å². The van der Waals surface area contributed by atoms with E-state index in [1.54, 1.807) is 6.07 Å². The molecule has 0 aromatic carbocycles. The molecule has 1 aliphatic rings. The van der Waals surface area contributed by atoms with Gasteiger partial charge in [0.05, 0.1) is 18.9 Å². The molecule has 7 nitrogen and oxygen atoms in total. The zero-order chi connectivity index (χ0) is 13.7. The van der Waals surface area contributed by atoms with Gasteiger partial charge in [-0.25, -0.2) is 4.98 Å². The van der Waals surface area contributed by atoms with Crippen molar-refractivity contribution in [3.8, 4) is 0 Å². The van der Waals surface area contributed by atoms with Crippen molar-refractivity contribution in [3.63, 3.8) is 0 Å². The Bertz CT molecular complexity index is 446. The number of amides is 1. The smallest absolute Gasteiger partial charge is 0.267 e. The second kappa shape index (κ2) is 6.35. The molecule has 0 aliphatic carbocycles. The first-order valence-electron chi connectivity index (χ1n) is 6.27. The van der Waals surface area contributed by atoms with Crippen molar-refractivity contribution in [2.75, 3.05) is 50.4 Å². The Labute approximate surface area is 111 Å². The standard InChI is InChI=1S/C12H19N5O2/c13-9-1-2-10(11(14)18)16-12(9)15-3-4-17-5-7-19-8-6-17/h1-2H,3-8,13H2,(H2,14,18)(H,15,16).